The summed E-state index contributed by atoms with van der Waals surface area (Å²) in [5, 5.41) is 7.58. The lowest BCUT2D eigenvalue weighted by molar-refractivity contribution is -0.161. The zero-order valence-corrected chi connectivity index (χ0v) is 21.1. The molecule has 2 aliphatic heterocycles. The minimum atomic E-state index is -4.53. The topological polar surface area (TPSA) is 131 Å². The van der Waals surface area contributed by atoms with Gasteiger partial charge < -0.3 is 30.5 Å². The van der Waals surface area contributed by atoms with E-state index in [2.05, 4.69) is 30.3 Å². The number of amides is 1. The lowest BCUT2D eigenvalue weighted by Gasteiger charge is -2.28. The number of carbonyl (C=O) groups excluding carboxylic acids is 1. The number of aromatic nitrogens is 5. The molecule has 208 valence electrons. The normalized spacial score (nSPS) is 16.7. The van der Waals surface area contributed by atoms with Gasteiger partial charge in [-0.2, -0.15) is 22.8 Å². The Morgan fingerprint density at radius 1 is 0.974 bits per heavy atom. The molecule has 3 aromatic rings. The number of nitrogens with one attached hydrogen (secondary N) is 1. The molecule has 2 aromatic heterocycles. The van der Waals surface area contributed by atoms with Crippen LogP contribution in [0, 0.1) is 0 Å². The predicted octanol–water partition coefficient (Wildman–Crippen LogP) is 2.21. The molecule has 0 spiro atoms. The molecule has 1 amide bonds. The highest BCUT2D eigenvalue weighted by atomic mass is 19.4. The highest BCUT2D eigenvalue weighted by Gasteiger charge is 2.34. The fourth-order valence-electron chi connectivity index (χ4n) is 4.56. The number of ether oxygens (including phenoxy) is 1. The van der Waals surface area contributed by atoms with Crippen molar-refractivity contribution < 1.29 is 22.7 Å². The van der Waals surface area contributed by atoms with Gasteiger partial charge in [0.2, 0.25) is 17.8 Å². The predicted molar refractivity (Wildman–Crippen MR) is 138 cm³/mol. The molecular formula is C24H29F3N10O2. The van der Waals surface area contributed by atoms with Gasteiger partial charge in [0, 0.05) is 56.7 Å². The van der Waals surface area contributed by atoms with E-state index < -0.39 is 18.5 Å². The van der Waals surface area contributed by atoms with Gasteiger partial charge >= 0.3 is 6.18 Å². The van der Waals surface area contributed by atoms with Gasteiger partial charge in [0.05, 0.1) is 13.2 Å². The lowest BCUT2D eigenvalue weighted by atomic mass is 10.2. The number of nitrogens with two attached hydrogens (primary N) is 1. The van der Waals surface area contributed by atoms with E-state index in [-0.39, 0.29) is 19.0 Å². The summed E-state index contributed by atoms with van der Waals surface area (Å²) in [7, 11) is 0. The van der Waals surface area contributed by atoms with Gasteiger partial charge in [-0.05, 0) is 30.7 Å². The Balaban J connectivity index is 1.24. The number of alkyl halides is 3. The van der Waals surface area contributed by atoms with Gasteiger partial charge in [-0.1, -0.05) is 0 Å². The number of carbonyl (C=O) groups is 1. The largest absolute Gasteiger partial charge is 0.397 e. The number of anilines is 5. The second-order valence-corrected chi connectivity index (χ2v) is 9.22. The van der Waals surface area contributed by atoms with Crippen molar-refractivity contribution >= 4 is 35.0 Å². The van der Waals surface area contributed by atoms with Crippen molar-refractivity contribution in [1.82, 2.24) is 29.6 Å². The molecule has 0 aliphatic carbocycles. The van der Waals surface area contributed by atoms with E-state index in [4.69, 9.17) is 10.5 Å². The Morgan fingerprint density at radius 2 is 1.72 bits per heavy atom. The van der Waals surface area contributed by atoms with Crippen LogP contribution in [0.2, 0.25) is 0 Å². The number of nitrogen functional groups attached to an aromatic ring is 1. The van der Waals surface area contributed by atoms with Crippen LogP contribution in [0.15, 0.2) is 36.7 Å². The van der Waals surface area contributed by atoms with Crippen molar-refractivity contribution in [3.8, 4) is 5.82 Å². The van der Waals surface area contributed by atoms with Crippen molar-refractivity contribution in [2.45, 2.75) is 19.0 Å². The zero-order chi connectivity index (χ0) is 27.4. The first-order chi connectivity index (χ1) is 18.7. The zero-order valence-electron chi connectivity index (χ0n) is 21.1. The van der Waals surface area contributed by atoms with Crippen molar-refractivity contribution in [2.24, 2.45) is 0 Å². The summed E-state index contributed by atoms with van der Waals surface area (Å²) in [6.07, 6.45) is -4.11. The minimum absolute atomic E-state index is 0.117. The summed E-state index contributed by atoms with van der Waals surface area (Å²) in [6, 6.07) is 9.59. The van der Waals surface area contributed by atoms with Crippen LogP contribution in [0.1, 0.15) is 12.8 Å². The number of hydrogen-bond donors (Lipinski definition) is 2. The molecule has 0 saturated carbocycles. The number of hydrogen-bond acceptors (Lipinski definition) is 10. The maximum atomic E-state index is 12.6. The molecule has 0 unspecified atom stereocenters. The fourth-order valence-corrected chi connectivity index (χ4v) is 4.56. The summed E-state index contributed by atoms with van der Waals surface area (Å²) in [5.74, 6) is 0.425. The number of morpholine rings is 1. The summed E-state index contributed by atoms with van der Waals surface area (Å²) >= 11 is 0. The van der Waals surface area contributed by atoms with E-state index in [0.717, 1.165) is 24.5 Å². The second-order valence-electron chi connectivity index (χ2n) is 9.22. The van der Waals surface area contributed by atoms with Crippen LogP contribution in [0.25, 0.3) is 5.82 Å². The van der Waals surface area contributed by atoms with Gasteiger partial charge in [-0.15, -0.1) is 5.10 Å². The Kier molecular flexibility index (Phi) is 7.67. The first kappa shape index (κ1) is 26.5. The van der Waals surface area contributed by atoms with Crippen molar-refractivity contribution in [1.29, 1.82) is 0 Å². The number of rotatable bonds is 6. The quantitative estimate of drug-likeness (QED) is 0.475. The van der Waals surface area contributed by atoms with Gasteiger partial charge in [0.1, 0.15) is 18.6 Å². The Morgan fingerprint density at radius 3 is 2.46 bits per heavy atom. The molecule has 3 N–H and O–H groups in total. The lowest BCUT2D eigenvalue weighted by Crippen LogP contribution is -2.37. The van der Waals surface area contributed by atoms with E-state index >= 15 is 0 Å². The molecule has 2 saturated heterocycles. The van der Waals surface area contributed by atoms with Crippen molar-refractivity contribution in [2.75, 3.05) is 73.3 Å². The van der Waals surface area contributed by atoms with Gasteiger partial charge in [0.15, 0.2) is 5.82 Å². The van der Waals surface area contributed by atoms with Crippen LogP contribution >= 0.6 is 0 Å². The minimum Gasteiger partial charge on any atom is -0.378 e. The third kappa shape index (κ3) is 6.66. The molecule has 1 aromatic carbocycles. The van der Waals surface area contributed by atoms with Crippen molar-refractivity contribution in [3.05, 3.63) is 36.7 Å². The summed E-state index contributed by atoms with van der Waals surface area (Å²) in [4.78, 5) is 30.3. The second kappa shape index (κ2) is 11.3. The molecule has 12 nitrogen and oxygen atoms in total. The number of halogens is 3. The highest BCUT2D eigenvalue weighted by Crippen LogP contribution is 2.24. The molecule has 2 fully saturated rings. The fraction of sp³-hybridized carbons (Fsp3) is 0.458. The van der Waals surface area contributed by atoms with Gasteiger partial charge in [-0.3, -0.25) is 4.79 Å². The van der Waals surface area contributed by atoms with E-state index in [1.54, 1.807) is 6.07 Å². The van der Waals surface area contributed by atoms with E-state index in [0.29, 0.717) is 50.3 Å². The first-order valence-electron chi connectivity index (χ1n) is 12.6. The molecule has 0 bridgehead atoms. The maximum Gasteiger partial charge on any atom is 0.397 e. The smallest absolute Gasteiger partial charge is 0.378 e. The summed E-state index contributed by atoms with van der Waals surface area (Å²) < 4.78 is 44.7. The number of benzene rings is 1. The third-order valence-electron chi connectivity index (χ3n) is 6.51. The molecule has 4 heterocycles. The Hall–Kier alpha value is -4.14. The average Bonchev–Trinajstić information content (AvgIpc) is 3.11. The molecule has 0 atom stereocenters. The van der Waals surface area contributed by atoms with Gasteiger partial charge in [-0.25, -0.2) is 9.97 Å². The SMILES string of the molecule is Nc1nc(Nc2ccc(N3CCOCC3)cc2)nn1-c1cc(N2CCCN(C(=O)CC(F)(F)F)CC2)ncn1. The van der Waals surface area contributed by atoms with Gasteiger partial charge in [0.25, 0.3) is 0 Å². The van der Waals surface area contributed by atoms with Crippen LogP contribution in [0.5, 0.6) is 0 Å². The average molecular weight is 547 g/mol. The monoisotopic (exact) mass is 546 g/mol. The first-order valence-corrected chi connectivity index (χ1v) is 12.6. The molecular weight excluding hydrogens is 517 g/mol. The van der Waals surface area contributed by atoms with Crippen LogP contribution in [-0.2, 0) is 9.53 Å². The maximum absolute atomic E-state index is 12.6. The third-order valence-corrected chi connectivity index (χ3v) is 6.51. The van der Waals surface area contributed by atoms with Crippen LogP contribution in [0.4, 0.5) is 42.3 Å². The molecule has 0 radical (unpaired) electrons. The van der Waals surface area contributed by atoms with E-state index in [1.165, 1.54) is 15.9 Å². The molecule has 2 aliphatic rings. The number of nitrogens with zero attached hydrogens (tertiary/aromatic N) is 8. The van der Waals surface area contributed by atoms with Crippen LogP contribution in [-0.4, -0.2) is 94.2 Å². The van der Waals surface area contributed by atoms with Crippen LogP contribution < -0.4 is 20.9 Å². The summed E-state index contributed by atoms with van der Waals surface area (Å²) in [6.45, 7) is 4.39. The highest BCUT2D eigenvalue weighted by molar-refractivity contribution is 5.77. The molecule has 39 heavy (non-hydrogen) atoms. The Bertz CT molecular complexity index is 1280. The Labute approximate surface area is 222 Å². The van der Waals surface area contributed by atoms with Crippen LogP contribution in [0.3, 0.4) is 0 Å². The van der Waals surface area contributed by atoms with Crippen molar-refractivity contribution in [3.63, 3.8) is 0 Å². The standard InChI is InChI=1S/C24H29F3N10O2/c25-24(26,27)15-21(38)36-7-1-6-35(8-9-36)19-14-20(30-16-29-19)37-22(28)32-23(33-37)31-17-2-4-18(5-3-17)34-10-12-39-13-11-34/h2-5,14,16H,1,6-13,15H2,(H3,28,31,32,33). The van der Waals surface area contributed by atoms with E-state index in [9.17, 15) is 18.0 Å². The van der Waals surface area contributed by atoms with E-state index in [1.807, 2.05) is 29.2 Å². The molecule has 15 heteroatoms. The summed E-state index contributed by atoms with van der Waals surface area (Å²) in [5.41, 5.74) is 8.03. The molecule has 5 rings (SSSR count).